The van der Waals surface area contributed by atoms with Gasteiger partial charge in [0.2, 0.25) is 0 Å². The lowest BCUT2D eigenvalue weighted by molar-refractivity contribution is 0.561. The Balaban J connectivity index is 2.34. The molecule has 0 saturated heterocycles. The summed E-state index contributed by atoms with van der Waals surface area (Å²) in [5, 5.41) is 8.39. The van der Waals surface area contributed by atoms with E-state index < -0.39 is 0 Å². The number of hydrogen-bond donors (Lipinski definition) is 0. The minimum absolute atomic E-state index is 0.426. The minimum atomic E-state index is 0.426. The van der Waals surface area contributed by atoms with Crippen LogP contribution in [0.3, 0.4) is 0 Å². The monoisotopic (exact) mass is 198 g/mol. The number of allylic oxidation sites excluding steroid dienone is 1. The largest absolute Gasteiger partial charge is 0.441 e. The second-order valence-corrected chi connectivity index (χ2v) is 3.22. The van der Waals surface area contributed by atoms with E-state index in [1.165, 1.54) is 0 Å². The van der Waals surface area contributed by atoms with Crippen LogP contribution in [0.1, 0.15) is 17.9 Å². The summed E-state index contributed by atoms with van der Waals surface area (Å²) in [6, 6.07) is 7.84. The topological polar surface area (TPSA) is 49.8 Å². The first-order chi connectivity index (χ1) is 7.29. The van der Waals surface area contributed by atoms with Crippen molar-refractivity contribution in [1.29, 1.82) is 5.26 Å². The molecule has 2 rings (SSSR count). The fourth-order valence-electron chi connectivity index (χ4n) is 1.41. The van der Waals surface area contributed by atoms with Gasteiger partial charge in [0.15, 0.2) is 11.5 Å². The molecule has 2 aromatic rings. The summed E-state index contributed by atoms with van der Waals surface area (Å²) in [5.74, 6) is 0.670. The van der Waals surface area contributed by atoms with Gasteiger partial charge in [-0.1, -0.05) is 18.2 Å². The van der Waals surface area contributed by atoms with E-state index in [1.54, 1.807) is 0 Å². The average molecular weight is 198 g/mol. The first kappa shape index (κ1) is 9.47. The van der Waals surface area contributed by atoms with Gasteiger partial charge < -0.3 is 4.42 Å². The van der Waals surface area contributed by atoms with Crippen LogP contribution in [0.5, 0.6) is 0 Å². The second-order valence-electron chi connectivity index (χ2n) is 3.22. The molecular formula is C12H10N2O. The van der Waals surface area contributed by atoms with Gasteiger partial charge >= 0.3 is 0 Å². The third-order valence-electron chi connectivity index (χ3n) is 2.04. The minimum Gasteiger partial charge on any atom is -0.441 e. The molecule has 1 aromatic carbocycles. The van der Waals surface area contributed by atoms with Gasteiger partial charge in [0, 0.05) is 6.92 Å². The van der Waals surface area contributed by atoms with Crippen LogP contribution in [0.2, 0.25) is 0 Å². The van der Waals surface area contributed by atoms with Crippen molar-refractivity contribution in [2.45, 2.75) is 13.3 Å². The van der Waals surface area contributed by atoms with Gasteiger partial charge in [-0.15, -0.1) is 0 Å². The number of rotatable bonds is 2. The van der Waals surface area contributed by atoms with E-state index in [2.05, 4.69) is 11.1 Å². The summed E-state index contributed by atoms with van der Waals surface area (Å²) >= 11 is 0. The van der Waals surface area contributed by atoms with Crippen LogP contribution in [-0.4, -0.2) is 4.98 Å². The molecule has 0 N–H and O–H groups in total. The average Bonchev–Trinajstić information content (AvgIpc) is 2.57. The molecule has 0 atom stereocenters. The first-order valence-electron chi connectivity index (χ1n) is 4.70. The van der Waals surface area contributed by atoms with Gasteiger partial charge in [-0.3, -0.25) is 0 Å². The van der Waals surface area contributed by atoms with E-state index in [0.29, 0.717) is 12.3 Å². The van der Waals surface area contributed by atoms with E-state index >= 15 is 0 Å². The summed E-state index contributed by atoms with van der Waals surface area (Å²) in [6.45, 7) is 1.82. The molecule has 74 valence electrons. The van der Waals surface area contributed by atoms with Crippen molar-refractivity contribution in [3.8, 4) is 6.07 Å². The van der Waals surface area contributed by atoms with Crippen LogP contribution in [0.25, 0.3) is 17.2 Å². The van der Waals surface area contributed by atoms with Crippen LogP contribution in [-0.2, 0) is 0 Å². The van der Waals surface area contributed by atoms with Gasteiger partial charge in [-0.2, -0.15) is 5.26 Å². The number of fused-ring (bicyclic) bond motifs is 1. The summed E-state index contributed by atoms with van der Waals surface area (Å²) in [5.41, 5.74) is 2.68. The molecule has 15 heavy (non-hydrogen) atoms. The summed E-state index contributed by atoms with van der Waals surface area (Å²) in [7, 11) is 0. The molecule has 0 spiro atoms. The van der Waals surface area contributed by atoms with Crippen LogP contribution in [0, 0.1) is 18.3 Å². The molecule has 0 fully saturated rings. The molecule has 1 heterocycles. The zero-order chi connectivity index (χ0) is 10.7. The summed E-state index contributed by atoms with van der Waals surface area (Å²) in [6.07, 6.45) is 4.16. The number of aromatic nitrogens is 1. The van der Waals surface area contributed by atoms with Crippen LogP contribution in [0.4, 0.5) is 0 Å². The number of hydrogen-bond acceptors (Lipinski definition) is 3. The highest BCUT2D eigenvalue weighted by molar-refractivity contribution is 5.76. The van der Waals surface area contributed by atoms with Crippen molar-refractivity contribution in [3.63, 3.8) is 0 Å². The van der Waals surface area contributed by atoms with E-state index in [9.17, 15) is 0 Å². The van der Waals surface area contributed by atoms with Gasteiger partial charge in [-0.25, -0.2) is 4.98 Å². The molecule has 0 saturated carbocycles. The molecule has 0 aliphatic rings. The molecule has 0 aliphatic carbocycles. The maximum atomic E-state index is 8.39. The van der Waals surface area contributed by atoms with Gasteiger partial charge in [0.25, 0.3) is 0 Å². The fourth-order valence-corrected chi connectivity index (χ4v) is 1.41. The first-order valence-corrected chi connectivity index (χ1v) is 4.70. The zero-order valence-corrected chi connectivity index (χ0v) is 8.40. The predicted molar refractivity (Wildman–Crippen MR) is 58.0 cm³/mol. The highest BCUT2D eigenvalue weighted by Gasteiger charge is 2.00. The molecule has 3 nitrogen and oxygen atoms in total. The molecule has 1 aromatic heterocycles. The van der Waals surface area contributed by atoms with Crippen molar-refractivity contribution in [2.75, 3.05) is 0 Å². The summed E-state index contributed by atoms with van der Waals surface area (Å²) in [4.78, 5) is 4.24. The number of nitriles is 1. The predicted octanol–water partition coefficient (Wildman–Crippen LogP) is 3.06. The van der Waals surface area contributed by atoms with E-state index in [0.717, 1.165) is 16.7 Å². The van der Waals surface area contributed by atoms with Gasteiger partial charge in [0.05, 0.1) is 12.5 Å². The highest BCUT2D eigenvalue weighted by atomic mass is 16.3. The van der Waals surface area contributed by atoms with E-state index in [-0.39, 0.29) is 0 Å². The fraction of sp³-hybridized carbons (Fsp3) is 0.167. The Morgan fingerprint density at radius 1 is 1.53 bits per heavy atom. The SMILES string of the molecule is Cc1nc2cc(C=CCC#N)ccc2o1. The number of benzene rings is 1. The van der Waals surface area contributed by atoms with E-state index in [4.69, 9.17) is 9.68 Å². The lowest BCUT2D eigenvalue weighted by atomic mass is 10.2. The molecule has 0 radical (unpaired) electrons. The highest BCUT2D eigenvalue weighted by Crippen LogP contribution is 2.17. The molecule has 0 bridgehead atoms. The van der Waals surface area contributed by atoms with Crippen LogP contribution < -0.4 is 0 Å². The quantitative estimate of drug-likeness (QED) is 0.745. The van der Waals surface area contributed by atoms with Gasteiger partial charge in [-0.05, 0) is 17.7 Å². The van der Waals surface area contributed by atoms with Crippen molar-refractivity contribution < 1.29 is 4.42 Å². The lowest BCUT2D eigenvalue weighted by Gasteiger charge is -1.91. The molecule has 0 amide bonds. The third-order valence-corrected chi connectivity index (χ3v) is 2.04. The number of nitrogens with zero attached hydrogens (tertiary/aromatic N) is 2. The Morgan fingerprint density at radius 2 is 2.40 bits per heavy atom. The number of oxazole rings is 1. The lowest BCUT2D eigenvalue weighted by Crippen LogP contribution is -1.73. The smallest absolute Gasteiger partial charge is 0.192 e. The standard InChI is InChI=1S/C12H10N2O/c1-9-14-11-8-10(4-2-3-7-13)5-6-12(11)15-9/h2,4-6,8H,3H2,1H3. The number of aryl methyl sites for hydroxylation is 1. The van der Waals surface area contributed by atoms with Crippen molar-refractivity contribution >= 4 is 17.2 Å². The third kappa shape index (κ3) is 2.05. The second kappa shape index (κ2) is 3.97. The van der Waals surface area contributed by atoms with Crippen molar-refractivity contribution in [2.24, 2.45) is 0 Å². The Hall–Kier alpha value is -2.08. The Morgan fingerprint density at radius 3 is 3.20 bits per heavy atom. The maximum Gasteiger partial charge on any atom is 0.192 e. The van der Waals surface area contributed by atoms with Crippen LogP contribution in [0.15, 0.2) is 28.7 Å². The molecule has 0 unspecified atom stereocenters. The van der Waals surface area contributed by atoms with Gasteiger partial charge in [0.1, 0.15) is 5.52 Å². The Labute approximate surface area is 87.7 Å². The Bertz CT molecular complexity index is 546. The van der Waals surface area contributed by atoms with E-state index in [1.807, 2.05) is 37.3 Å². The Kier molecular flexibility index (Phi) is 2.51. The normalized spacial score (nSPS) is 10.9. The molecular weight excluding hydrogens is 188 g/mol. The maximum absolute atomic E-state index is 8.39. The van der Waals surface area contributed by atoms with Crippen molar-refractivity contribution in [1.82, 2.24) is 4.98 Å². The molecule has 3 heteroatoms. The summed E-state index contributed by atoms with van der Waals surface area (Å²) < 4.78 is 5.36. The molecule has 0 aliphatic heterocycles. The van der Waals surface area contributed by atoms with Crippen molar-refractivity contribution in [3.05, 3.63) is 35.7 Å². The zero-order valence-electron chi connectivity index (χ0n) is 8.40. The van der Waals surface area contributed by atoms with Crippen LogP contribution >= 0.6 is 0 Å².